The van der Waals surface area contributed by atoms with Crippen molar-refractivity contribution in [1.82, 2.24) is 4.57 Å². The van der Waals surface area contributed by atoms with Crippen LogP contribution in [-0.4, -0.2) is 15.6 Å². The first-order valence-corrected chi connectivity index (χ1v) is 3.41. The van der Waals surface area contributed by atoms with Gasteiger partial charge in [0.2, 0.25) is 0 Å². The Morgan fingerprint density at radius 1 is 1.75 bits per heavy atom. The van der Waals surface area contributed by atoms with E-state index < -0.39 is 5.97 Å². The molecule has 1 N–H and O–H groups in total. The highest BCUT2D eigenvalue weighted by molar-refractivity contribution is 5.69. The van der Waals surface area contributed by atoms with E-state index in [1.54, 1.807) is 23.7 Å². The Morgan fingerprint density at radius 3 is 2.83 bits per heavy atom. The molecule has 0 saturated heterocycles. The second-order valence-corrected chi connectivity index (χ2v) is 2.45. The zero-order chi connectivity index (χ0) is 9.14. The van der Waals surface area contributed by atoms with E-state index in [1.807, 2.05) is 6.07 Å². The van der Waals surface area contributed by atoms with E-state index >= 15 is 0 Å². The lowest BCUT2D eigenvalue weighted by atomic mass is 10.3. The van der Waals surface area contributed by atoms with E-state index in [2.05, 4.69) is 0 Å². The summed E-state index contributed by atoms with van der Waals surface area (Å²) in [4.78, 5) is 10.3. The molecule has 0 spiro atoms. The van der Waals surface area contributed by atoms with E-state index in [0.29, 0.717) is 11.4 Å². The highest BCUT2D eigenvalue weighted by atomic mass is 16.4. The average molecular weight is 164 g/mol. The van der Waals surface area contributed by atoms with Crippen LogP contribution in [0.4, 0.5) is 0 Å². The molecule has 0 unspecified atom stereocenters. The molecule has 1 aromatic rings. The molecule has 0 aliphatic carbocycles. The standard InChI is InChI=1S/C8H8N2O2/c1-10-6(4-8(11)12)2-3-7(10)5-9/h2-3H,4H2,1H3,(H,11,12). The first-order chi connectivity index (χ1) is 5.65. The van der Waals surface area contributed by atoms with Crippen LogP contribution in [0, 0.1) is 11.3 Å². The van der Waals surface area contributed by atoms with Gasteiger partial charge in [-0.05, 0) is 12.1 Å². The van der Waals surface area contributed by atoms with Gasteiger partial charge in [-0.15, -0.1) is 0 Å². The number of carboxylic acid groups (broad SMARTS) is 1. The van der Waals surface area contributed by atoms with Crippen molar-refractivity contribution in [2.75, 3.05) is 0 Å². The lowest BCUT2D eigenvalue weighted by Crippen LogP contribution is -2.05. The SMILES string of the molecule is Cn1c(C#N)ccc1CC(=O)O. The lowest BCUT2D eigenvalue weighted by Gasteiger charge is -1.99. The molecule has 0 saturated carbocycles. The maximum absolute atomic E-state index is 10.3. The van der Waals surface area contributed by atoms with Crippen molar-refractivity contribution in [1.29, 1.82) is 5.26 Å². The molecule has 62 valence electrons. The molecule has 0 amide bonds. The van der Waals surface area contributed by atoms with Gasteiger partial charge in [0.15, 0.2) is 0 Å². The van der Waals surface area contributed by atoms with Gasteiger partial charge in [0.25, 0.3) is 0 Å². The van der Waals surface area contributed by atoms with Gasteiger partial charge in [-0.1, -0.05) is 0 Å². The second-order valence-electron chi connectivity index (χ2n) is 2.45. The smallest absolute Gasteiger partial charge is 0.309 e. The van der Waals surface area contributed by atoms with Crippen LogP contribution in [0.2, 0.25) is 0 Å². The number of carboxylic acids is 1. The summed E-state index contributed by atoms with van der Waals surface area (Å²) in [5.74, 6) is -0.888. The number of nitriles is 1. The first-order valence-electron chi connectivity index (χ1n) is 3.41. The minimum absolute atomic E-state index is 0.0435. The monoisotopic (exact) mass is 164 g/mol. The maximum Gasteiger partial charge on any atom is 0.309 e. The van der Waals surface area contributed by atoms with Gasteiger partial charge < -0.3 is 9.67 Å². The van der Waals surface area contributed by atoms with Gasteiger partial charge in [0.1, 0.15) is 11.8 Å². The van der Waals surface area contributed by atoms with E-state index in [1.165, 1.54) is 0 Å². The average Bonchev–Trinajstić information content (AvgIpc) is 2.32. The first kappa shape index (κ1) is 8.34. The van der Waals surface area contributed by atoms with Crippen molar-refractivity contribution in [2.24, 2.45) is 7.05 Å². The van der Waals surface area contributed by atoms with Crippen LogP contribution in [-0.2, 0) is 18.3 Å². The van der Waals surface area contributed by atoms with Crippen molar-refractivity contribution < 1.29 is 9.90 Å². The van der Waals surface area contributed by atoms with Gasteiger partial charge in [0.05, 0.1) is 6.42 Å². The number of aromatic nitrogens is 1. The van der Waals surface area contributed by atoms with Gasteiger partial charge in [-0.2, -0.15) is 5.26 Å². The normalized spacial score (nSPS) is 9.33. The predicted octanol–water partition coefficient (Wildman–Crippen LogP) is 0.524. The van der Waals surface area contributed by atoms with E-state index in [9.17, 15) is 4.79 Å². The molecular formula is C8H8N2O2. The topological polar surface area (TPSA) is 66.0 Å². The van der Waals surface area contributed by atoms with Crippen molar-refractivity contribution in [2.45, 2.75) is 6.42 Å². The van der Waals surface area contributed by atoms with Crippen LogP contribution in [0.5, 0.6) is 0 Å². The molecule has 4 nitrogen and oxygen atoms in total. The minimum Gasteiger partial charge on any atom is -0.481 e. The molecule has 0 fully saturated rings. The Kier molecular flexibility index (Phi) is 2.15. The Morgan fingerprint density at radius 2 is 2.42 bits per heavy atom. The summed E-state index contributed by atoms with van der Waals surface area (Å²) >= 11 is 0. The highest BCUT2D eigenvalue weighted by Crippen LogP contribution is 2.06. The van der Waals surface area contributed by atoms with Crippen molar-refractivity contribution in [3.63, 3.8) is 0 Å². The van der Waals surface area contributed by atoms with E-state index in [4.69, 9.17) is 10.4 Å². The molecule has 12 heavy (non-hydrogen) atoms. The van der Waals surface area contributed by atoms with Crippen LogP contribution in [0.3, 0.4) is 0 Å². The highest BCUT2D eigenvalue weighted by Gasteiger charge is 2.06. The Bertz CT molecular complexity index is 346. The van der Waals surface area contributed by atoms with Crippen molar-refractivity contribution in [3.05, 3.63) is 23.5 Å². The number of hydrogen-bond donors (Lipinski definition) is 1. The molecule has 1 rings (SSSR count). The fourth-order valence-corrected chi connectivity index (χ4v) is 0.998. The Balaban J connectivity index is 2.96. The molecule has 0 aliphatic heterocycles. The summed E-state index contributed by atoms with van der Waals surface area (Å²) < 4.78 is 1.58. The number of carbonyl (C=O) groups is 1. The van der Waals surface area contributed by atoms with Gasteiger partial charge in [-0.25, -0.2) is 0 Å². The summed E-state index contributed by atoms with van der Waals surface area (Å²) in [6, 6.07) is 5.21. The summed E-state index contributed by atoms with van der Waals surface area (Å²) in [6.07, 6.45) is -0.0435. The number of aliphatic carboxylic acids is 1. The van der Waals surface area contributed by atoms with Crippen LogP contribution >= 0.6 is 0 Å². The van der Waals surface area contributed by atoms with Gasteiger partial charge >= 0.3 is 5.97 Å². The molecule has 0 atom stereocenters. The van der Waals surface area contributed by atoms with Crippen LogP contribution < -0.4 is 0 Å². The molecule has 1 aromatic heterocycles. The molecule has 4 heteroatoms. The van der Waals surface area contributed by atoms with Crippen molar-refractivity contribution >= 4 is 5.97 Å². The number of rotatable bonds is 2. The summed E-state index contributed by atoms with van der Waals surface area (Å²) in [6.45, 7) is 0. The molecule has 0 radical (unpaired) electrons. The fourth-order valence-electron chi connectivity index (χ4n) is 0.998. The number of hydrogen-bond acceptors (Lipinski definition) is 2. The third kappa shape index (κ3) is 1.45. The van der Waals surface area contributed by atoms with Gasteiger partial charge in [-0.3, -0.25) is 4.79 Å². The fraction of sp³-hybridized carbons (Fsp3) is 0.250. The van der Waals surface area contributed by atoms with Gasteiger partial charge in [0, 0.05) is 12.7 Å². The summed E-state index contributed by atoms with van der Waals surface area (Å²) in [5.41, 5.74) is 1.12. The largest absolute Gasteiger partial charge is 0.481 e. The van der Waals surface area contributed by atoms with E-state index in [0.717, 1.165) is 0 Å². The number of nitrogens with zero attached hydrogens (tertiary/aromatic N) is 2. The molecule has 0 aliphatic rings. The molecule has 0 bridgehead atoms. The molecule has 0 aromatic carbocycles. The second kappa shape index (κ2) is 3.09. The zero-order valence-corrected chi connectivity index (χ0v) is 6.61. The third-order valence-corrected chi connectivity index (χ3v) is 1.67. The quantitative estimate of drug-likeness (QED) is 0.693. The summed E-state index contributed by atoms with van der Waals surface area (Å²) in [7, 11) is 1.68. The van der Waals surface area contributed by atoms with Crippen LogP contribution in [0.15, 0.2) is 12.1 Å². The minimum atomic E-state index is -0.888. The predicted molar refractivity (Wildman–Crippen MR) is 41.5 cm³/mol. The lowest BCUT2D eigenvalue weighted by molar-refractivity contribution is -0.136. The maximum atomic E-state index is 10.3. The van der Waals surface area contributed by atoms with E-state index in [-0.39, 0.29) is 6.42 Å². The van der Waals surface area contributed by atoms with Crippen molar-refractivity contribution in [3.8, 4) is 6.07 Å². The zero-order valence-electron chi connectivity index (χ0n) is 6.61. The molecule has 1 heterocycles. The Labute approximate surface area is 69.7 Å². The van der Waals surface area contributed by atoms with Crippen LogP contribution in [0.1, 0.15) is 11.4 Å². The van der Waals surface area contributed by atoms with Crippen LogP contribution in [0.25, 0.3) is 0 Å². The summed E-state index contributed by atoms with van der Waals surface area (Å²) in [5, 5.41) is 17.0. The Hall–Kier alpha value is -1.76. The molecular weight excluding hydrogens is 156 g/mol. The third-order valence-electron chi connectivity index (χ3n) is 1.67.